The molecule has 0 aliphatic rings. The summed E-state index contributed by atoms with van der Waals surface area (Å²) in [6.45, 7) is 3.40. The molecule has 0 aliphatic carbocycles. The van der Waals surface area contributed by atoms with Crippen molar-refractivity contribution in [2.75, 3.05) is 0 Å². The summed E-state index contributed by atoms with van der Waals surface area (Å²) in [5, 5.41) is 29.1. The van der Waals surface area contributed by atoms with Gasteiger partial charge in [0.25, 0.3) is 5.69 Å². The van der Waals surface area contributed by atoms with E-state index in [0.29, 0.717) is 14.8 Å². The van der Waals surface area contributed by atoms with Crippen LogP contribution in [0.25, 0.3) is 0 Å². The van der Waals surface area contributed by atoms with Crippen LogP contribution in [0.1, 0.15) is 23.6 Å². The van der Waals surface area contributed by atoms with Crippen molar-refractivity contribution in [2.24, 2.45) is 0 Å². The molecule has 1 aromatic heterocycles. The lowest BCUT2D eigenvalue weighted by molar-refractivity contribution is -0.387. The van der Waals surface area contributed by atoms with Gasteiger partial charge < -0.3 is 5.11 Å². The molecule has 0 fully saturated rings. The molecule has 0 aliphatic heterocycles. The normalized spacial score (nSPS) is 12.4. The van der Waals surface area contributed by atoms with E-state index in [4.69, 9.17) is 0 Å². The number of aliphatic hydroxyl groups is 1. The standard InChI is InChI=1S/C11H11N3O3S2/c1-6(15)8-3-4-10(9(5-8)14(16)17)19-11-13-12-7(2)18-11/h3-6,15H,1-2H3/t6-/m0/s1. The van der Waals surface area contributed by atoms with E-state index in [1.807, 2.05) is 6.92 Å². The first kappa shape index (κ1) is 13.9. The summed E-state index contributed by atoms with van der Waals surface area (Å²) in [6, 6.07) is 4.69. The zero-order chi connectivity index (χ0) is 14.0. The van der Waals surface area contributed by atoms with Crippen molar-refractivity contribution < 1.29 is 10.0 Å². The average molecular weight is 297 g/mol. The molecule has 2 rings (SSSR count). The molecular weight excluding hydrogens is 286 g/mol. The molecule has 0 bridgehead atoms. The Kier molecular flexibility index (Phi) is 4.13. The third kappa shape index (κ3) is 3.28. The van der Waals surface area contributed by atoms with Crippen LogP contribution in [0.4, 0.5) is 5.69 Å². The summed E-state index contributed by atoms with van der Waals surface area (Å²) in [5.41, 5.74) is 0.487. The molecule has 2 aromatic rings. The van der Waals surface area contributed by atoms with Gasteiger partial charge in [-0.25, -0.2) is 0 Å². The second-order valence-electron chi connectivity index (χ2n) is 3.85. The molecule has 8 heteroatoms. The molecule has 6 nitrogen and oxygen atoms in total. The highest BCUT2D eigenvalue weighted by Crippen LogP contribution is 2.37. The predicted octanol–water partition coefficient (Wildman–Crippen LogP) is 2.96. The van der Waals surface area contributed by atoms with Gasteiger partial charge in [-0.2, -0.15) is 0 Å². The van der Waals surface area contributed by atoms with Crippen LogP contribution in [0.3, 0.4) is 0 Å². The van der Waals surface area contributed by atoms with E-state index in [2.05, 4.69) is 10.2 Å². The molecule has 1 N–H and O–H groups in total. The highest BCUT2D eigenvalue weighted by atomic mass is 32.2. The van der Waals surface area contributed by atoms with Gasteiger partial charge in [0.2, 0.25) is 0 Å². The summed E-state index contributed by atoms with van der Waals surface area (Å²) in [6.07, 6.45) is -0.735. The zero-order valence-electron chi connectivity index (χ0n) is 10.2. The Labute approximate surface area is 117 Å². The molecule has 1 aromatic carbocycles. The number of benzene rings is 1. The third-order valence-corrected chi connectivity index (χ3v) is 4.32. The predicted molar refractivity (Wildman–Crippen MR) is 72.5 cm³/mol. The maximum atomic E-state index is 11.1. The van der Waals surface area contributed by atoms with Crippen LogP contribution in [0, 0.1) is 17.0 Å². The Morgan fingerprint density at radius 2 is 2.21 bits per heavy atom. The van der Waals surface area contributed by atoms with Crippen molar-refractivity contribution in [2.45, 2.75) is 29.2 Å². The minimum Gasteiger partial charge on any atom is -0.389 e. The van der Waals surface area contributed by atoms with Gasteiger partial charge in [0, 0.05) is 6.07 Å². The van der Waals surface area contributed by atoms with E-state index in [-0.39, 0.29) is 5.69 Å². The second kappa shape index (κ2) is 5.64. The second-order valence-corrected chi connectivity index (χ2v) is 6.32. The van der Waals surface area contributed by atoms with Gasteiger partial charge in [-0.3, -0.25) is 10.1 Å². The first-order chi connectivity index (χ1) is 8.97. The first-order valence-corrected chi connectivity index (χ1v) is 7.05. The Morgan fingerprint density at radius 3 is 2.74 bits per heavy atom. The fourth-order valence-electron chi connectivity index (χ4n) is 1.44. The summed E-state index contributed by atoms with van der Waals surface area (Å²) >= 11 is 2.59. The van der Waals surface area contributed by atoms with Gasteiger partial charge in [-0.15, -0.1) is 10.2 Å². The molecule has 1 atom stereocenters. The number of nitro benzene ring substituents is 1. The molecule has 0 unspecified atom stereocenters. The quantitative estimate of drug-likeness (QED) is 0.689. The number of rotatable bonds is 4. The Hall–Kier alpha value is -1.51. The smallest absolute Gasteiger partial charge is 0.283 e. The lowest BCUT2D eigenvalue weighted by Gasteiger charge is -2.06. The van der Waals surface area contributed by atoms with E-state index < -0.39 is 11.0 Å². The van der Waals surface area contributed by atoms with Crippen LogP contribution in [0.2, 0.25) is 0 Å². The number of hydrogen-bond acceptors (Lipinski definition) is 7. The molecule has 100 valence electrons. The summed E-state index contributed by atoms with van der Waals surface area (Å²) < 4.78 is 0.658. The lowest BCUT2D eigenvalue weighted by Crippen LogP contribution is -1.96. The van der Waals surface area contributed by atoms with Crippen molar-refractivity contribution in [3.05, 3.63) is 38.9 Å². The zero-order valence-corrected chi connectivity index (χ0v) is 11.9. The van der Waals surface area contributed by atoms with E-state index in [9.17, 15) is 15.2 Å². The maximum absolute atomic E-state index is 11.1. The van der Waals surface area contributed by atoms with Crippen LogP contribution < -0.4 is 0 Å². The fraction of sp³-hybridized carbons (Fsp3) is 0.273. The van der Waals surface area contributed by atoms with Gasteiger partial charge in [-0.1, -0.05) is 29.2 Å². The monoisotopic (exact) mass is 297 g/mol. The number of aliphatic hydroxyl groups excluding tert-OH is 1. The molecule has 0 saturated carbocycles. The Bertz CT molecular complexity index is 613. The van der Waals surface area contributed by atoms with Crippen molar-refractivity contribution in [1.82, 2.24) is 10.2 Å². The topological polar surface area (TPSA) is 89.2 Å². The Balaban J connectivity index is 2.36. The van der Waals surface area contributed by atoms with Crippen molar-refractivity contribution in [3.63, 3.8) is 0 Å². The van der Waals surface area contributed by atoms with Crippen LogP contribution in [0.5, 0.6) is 0 Å². The van der Waals surface area contributed by atoms with Gasteiger partial charge in [0.1, 0.15) is 5.01 Å². The minimum atomic E-state index is -0.735. The first-order valence-electron chi connectivity index (χ1n) is 5.41. The van der Waals surface area contributed by atoms with Gasteiger partial charge in [0.15, 0.2) is 4.34 Å². The third-order valence-electron chi connectivity index (χ3n) is 2.37. The molecule has 0 saturated heterocycles. The van der Waals surface area contributed by atoms with E-state index >= 15 is 0 Å². The van der Waals surface area contributed by atoms with Gasteiger partial charge in [-0.05, 0) is 25.5 Å². The summed E-state index contributed by atoms with van der Waals surface area (Å²) in [4.78, 5) is 11.1. The van der Waals surface area contributed by atoms with Crippen LogP contribution in [-0.4, -0.2) is 20.2 Å². The van der Waals surface area contributed by atoms with Crippen LogP contribution >= 0.6 is 23.1 Å². The van der Waals surface area contributed by atoms with Crippen molar-refractivity contribution >= 4 is 28.8 Å². The SMILES string of the molecule is Cc1nnc(Sc2ccc([C@H](C)O)cc2[N+](=O)[O-])s1. The van der Waals surface area contributed by atoms with E-state index in [0.717, 1.165) is 5.01 Å². The van der Waals surface area contributed by atoms with Crippen molar-refractivity contribution in [3.8, 4) is 0 Å². The molecule has 0 radical (unpaired) electrons. The average Bonchev–Trinajstić information content (AvgIpc) is 2.74. The van der Waals surface area contributed by atoms with E-state index in [1.54, 1.807) is 19.1 Å². The molecule has 19 heavy (non-hydrogen) atoms. The van der Waals surface area contributed by atoms with Crippen LogP contribution in [0.15, 0.2) is 27.4 Å². The number of hydrogen-bond donors (Lipinski definition) is 1. The lowest BCUT2D eigenvalue weighted by atomic mass is 10.1. The van der Waals surface area contributed by atoms with Crippen molar-refractivity contribution in [1.29, 1.82) is 0 Å². The number of aromatic nitrogens is 2. The molecular formula is C11H11N3O3S2. The number of nitrogens with zero attached hydrogens (tertiary/aromatic N) is 3. The number of aryl methyl sites for hydroxylation is 1. The fourth-order valence-corrected chi connectivity index (χ4v) is 3.29. The van der Waals surface area contributed by atoms with Gasteiger partial charge in [0.05, 0.1) is 15.9 Å². The largest absolute Gasteiger partial charge is 0.389 e. The maximum Gasteiger partial charge on any atom is 0.283 e. The summed E-state index contributed by atoms with van der Waals surface area (Å²) in [5.74, 6) is 0. The van der Waals surface area contributed by atoms with Crippen LogP contribution in [-0.2, 0) is 0 Å². The summed E-state index contributed by atoms with van der Waals surface area (Å²) in [7, 11) is 0. The Morgan fingerprint density at radius 1 is 1.47 bits per heavy atom. The number of nitro groups is 1. The van der Waals surface area contributed by atoms with E-state index in [1.165, 1.54) is 29.2 Å². The molecule has 1 heterocycles. The highest BCUT2D eigenvalue weighted by molar-refractivity contribution is 8.01. The van der Waals surface area contributed by atoms with Gasteiger partial charge >= 0.3 is 0 Å². The highest BCUT2D eigenvalue weighted by Gasteiger charge is 2.18. The molecule has 0 spiro atoms. The molecule has 0 amide bonds. The minimum absolute atomic E-state index is 0.0312.